The van der Waals surface area contributed by atoms with E-state index >= 15 is 0 Å². The third kappa shape index (κ3) is 3.62. The zero-order valence-corrected chi connectivity index (χ0v) is 15.6. The number of benzene rings is 1. The molecule has 0 fully saturated rings. The van der Waals surface area contributed by atoms with Crippen LogP contribution >= 0.6 is 0 Å². The number of aromatic nitrogens is 5. The number of esters is 1. The van der Waals surface area contributed by atoms with Crippen molar-refractivity contribution in [1.29, 1.82) is 0 Å². The number of rotatable bonds is 6. The van der Waals surface area contributed by atoms with Crippen LogP contribution in [0.3, 0.4) is 0 Å². The highest BCUT2D eigenvalue weighted by Crippen LogP contribution is 2.23. The Bertz CT molecular complexity index is 1190. The van der Waals surface area contributed by atoms with Gasteiger partial charge in [-0.25, -0.2) is 4.68 Å². The predicted octanol–water partition coefficient (Wildman–Crippen LogP) is 1.92. The van der Waals surface area contributed by atoms with Crippen molar-refractivity contribution in [3.63, 3.8) is 0 Å². The molecule has 4 rings (SSSR count). The minimum Gasteiger partial charge on any atom is -0.466 e. The third-order valence-corrected chi connectivity index (χ3v) is 4.35. The second-order valence-electron chi connectivity index (χ2n) is 6.16. The summed E-state index contributed by atoms with van der Waals surface area (Å²) >= 11 is 0. The van der Waals surface area contributed by atoms with E-state index in [1.807, 2.05) is 0 Å². The van der Waals surface area contributed by atoms with Crippen LogP contribution in [-0.2, 0) is 16.0 Å². The number of nitrogens with zero attached hydrogens (tertiary/aromatic N) is 5. The lowest BCUT2D eigenvalue weighted by atomic mass is 10.1. The van der Waals surface area contributed by atoms with Crippen molar-refractivity contribution in [2.45, 2.75) is 19.4 Å². The van der Waals surface area contributed by atoms with Gasteiger partial charge in [0.1, 0.15) is 0 Å². The van der Waals surface area contributed by atoms with Crippen molar-refractivity contribution in [2.24, 2.45) is 0 Å². The molecule has 0 bridgehead atoms. The van der Waals surface area contributed by atoms with Crippen LogP contribution < -0.4 is 5.56 Å². The molecule has 0 aliphatic heterocycles. The average Bonchev–Trinajstić information content (AvgIpc) is 3.27. The fourth-order valence-electron chi connectivity index (χ4n) is 3.12. The van der Waals surface area contributed by atoms with Gasteiger partial charge in [0.05, 0.1) is 29.8 Å². The molecular weight excluding hydrogens is 374 g/mol. The Kier molecular flexibility index (Phi) is 5.10. The number of ether oxygens (including phenoxy) is 1. The van der Waals surface area contributed by atoms with Gasteiger partial charge in [-0.3, -0.25) is 14.6 Å². The normalized spacial score (nSPS) is 12.0. The van der Waals surface area contributed by atoms with Crippen LogP contribution in [0.15, 0.2) is 64.3 Å². The van der Waals surface area contributed by atoms with Gasteiger partial charge in [-0.15, -0.1) is 0 Å². The summed E-state index contributed by atoms with van der Waals surface area (Å²) in [6.45, 7) is 1.99. The van der Waals surface area contributed by atoms with Crippen LogP contribution in [0.1, 0.15) is 30.2 Å². The van der Waals surface area contributed by atoms with Gasteiger partial charge in [0, 0.05) is 11.6 Å². The van der Waals surface area contributed by atoms with Gasteiger partial charge < -0.3 is 9.26 Å². The molecule has 0 saturated carbocycles. The topological polar surface area (TPSA) is 113 Å². The summed E-state index contributed by atoms with van der Waals surface area (Å²) in [7, 11) is 0. The SMILES string of the molecule is CCOC(=O)Cc1nn(C(c2ccccn2)c2ncno2)c(=O)c2ccccc12. The molecule has 9 nitrogen and oxygen atoms in total. The fourth-order valence-corrected chi connectivity index (χ4v) is 3.12. The number of carbonyl (C=O) groups is 1. The summed E-state index contributed by atoms with van der Waals surface area (Å²) in [5.41, 5.74) is 0.560. The van der Waals surface area contributed by atoms with Crippen LogP contribution in [0, 0.1) is 0 Å². The number of hydrogen-bond donors (Lipinski definition) is 0. The first-order valence-electron chi connectivity index (χ1n) is 9.02. The first-order valence-corrected chi connectivity index (χ1v) is 9.02. The summed E-state index contributed by atoms with van der Waals surface area (Å²) in [6.07, 6.45) is 2.77. The summed E-state index contributed by atoms with van der Waals surface area (Å²) < 4.78 is 11.5. The third-order valence-electron chi connectivity index (χ3n) is 4.35. The fraction of sp³-hybridized carbons (Fsp3) is 0.200. The van der Waals surface area contributed by atoms with Crippen molar-refractivity contribution in [3.05, 3.63) is 82.6 Å². The van der Waals surface area contributed by atoms with Crippen LogP contribution in [-0.4, -0.2) is 37.5 Å². The molecule has 9 heteroatoms. The second kappa shape index (κ2) is 8.01. The molecule has 1 aromatic carbocycles. The molecular formula is C20H17N5O4. The lowest BCUT2D eigenvalue weighted by Gasteiger charge is -2.17. The second-order valence-corrected chi connectivity index (χ2v) is 6.16. The van der Waals surface area contributed by atoms with Gasteiger partial charge in [-0.1, -0.05) is 29.4 Å². The van der Waals surface area contributed by atoms with Gasteiger partial charge in [-0.05, 0) is 25.1 Å². The number of fused-ring (bicyclic) bond motifs is 1. The molecule has 0 radical (unpaired) electrons. The maximum Gasteiger partial charge on any atom is 0.311 e. The lowest BCUT2D eigenvalue weighted by Crippen LogP contribution is -2.31. The molecule has 3 aromatic heterocycles. The average molecular weight is 391 g/mol. The molecule has 0 spiro atoms. The molecule has 4 aromatic rings. The Morgan fingerprint density at radius 2 is 1.93 bits per heavy atom. The first kappa shape index (κ1) is 18.5. The minimum atomic E-state index is -0.836. The maximum absolute atomic E-state index is 13.3. The predicted molar refractivity (Wildman–Crippen MR) is 102 cm³/mol. The number of pyridine rings is 1. The molecule has 0 N–H and O–H groups in total. The zero-order chi connectivity index (χ0) is 20.2. The van der Waals surface area contributed by atoms with E-state index in [4.69, 9.17) is 9.26 Å². The van der Waals surface area contributed by atoms with E-state index in [1.165, 1.54) is 11.0 Å². The Balaban J connectivity index is 1.95. The summed E-state index contributed by atoms with van der Waals surface area (Å²) in [6, 6.07) is 11.4. The van der Waals surface area contributed by atoms with Crippen LogP contribution in [0.4, 0.5) is 0 Å². The van der Waals surface area contributed by atoms with Crippen molar-refractivity contribution in [3.8, 4) is 0 Å². The molecule has 0 saturated heterocycles. The first-order chi connectivity index (χ1) is 14.2. The highest BCUT2D eigenvalue weighted by atomic mass is 16.5. The Morgan fingerprint density at radius 3 is 2.62 bits per heavy atom. The molecule has 0 aliphatic rings. The van der Waals surface area contributed by atoms with E-state index in [9.17, 15) is 9.59 Å². The summed E-state index contributed by atoms with van der Waals surface area (Å²) in [4.78, 5) is 33.8. The molecule has 29 heavy (non-hydrogen) atoms. The lowest BCUT2D eigenvalue weighted by molar-refractivity contribution is -0.142. The monoisotopic (exact) mass is 391 g/mol. The zero-order valence-electron chi connectivity index (χ0n) is 15.6. The van der Waals surface area contributed by atoms with Gasteiger partial charge >= 0.3 is 5.97 Å². The molecule has 146 valence electrons. The molecule has 1 atom stereocenters. The van der Waals surface area contributed by atoms with E-state index in [0.29, 0.717) is 22.2 Å². The van der Waals surface area contributed by atoms with Crippen molar-refractivity contribution in [2.75, 3.05) is 6.61 Å². The Hall–Kier alpha value is -3.88. The van der Waals surface area contributed by atoms with E-state index in [1.54, 1.807) is 55.6 Å². The molecule has 0 aliphatic carbocycles. The molecule has 3 heterocycles. The summed E-state index contributed by atoms with van der Waals surface area (Å²) in [5, 5.41) is 9.15. The van der Waals surface area contributed by atoms with Crippen LogP contribution in [0.5, 0.6) is 0 Å². The molecule has 1 unspecified atom stereocenters. The number of carbonyl (C=O) groups excluding carboxylic acids is 1. The highest BCUT2D eigenvalue weighted by Gasteiger charge is 2.27. The minimum absolute atomic E-state index is 0.0760. The van der Waals surface area contributed by atoms with E-state index in [0.717, 1.165) is 0 Å². The largest absolute Gasteiger partial charge is 0.466 e. The van der Waals surface area contributed by atoms with Crippen molar-refractivity contribution < 1.29 is 14.1 Å². The molecule has 0 amide bonds. The quantitative estimate of drug-likeness (QED) is 0.458. The van der Waals surface area contributed by atoms with E-state index in [-0.39, 0.29) is 24.5 Å². The highest BCUT2D eigenvalue weighted by molar-refractivity contribution is 5.87. The van der Waals surface area contributed by atoms with Gasteiger partial charge in [0.25, 0.3) is 11.4 Å². The van der Waals surface area contributed by atoms with Gasteiger partial charge in [0.2, 0.25) is 0 Å². The van der Waals surface area contributed by atoms with Crippen molar-refractivity contribution >= 4 is 16.7 Å². The maximum atomic E-state index is 13.3. The van der Waals surface area contributed by atoms with Gasteiger partial charge in [-0.2, -0.15) is 10.1 Å². The Labute approximate surface area is 165 Å². The Morgan fingerprint density at radius 1 is 1.14 bits per heavy atom. The number of hydrogen-bond acceptors (Lipinski definition) is 8. The van der Waals surface area contributed by atoms with Crippen molar-refractivity contribution in [1.82, 2.24) is 24.9 Å². The van der Waals surface area contributed by atoms with Crippen LogP contribution in [0.2, 0.25) is 0 Å². The van der Waals surface area contributed by atoms with E-state index < -0.39 is 12.0 Å². The van der Waals surface area contributed by atoms with Crippen LogP contribution in [0.25, 0.3) is 10.8 Å². The van der Waals surface area contributed by atoms with Gasteiger partial charge in [0.15, 0.2) is 12.4 Å². The van der Waals surface area contributed by atoms with E-state index in [2.05, 4.69) is 20.2 Å². The standard InChI is InChI=1S/C20H17N5O4/c1-2-28-17(26)11-16-13-7-3-4-8-14(13)20(27)25(24-16)18(19-22-12-23-29-19)15-9-5-6-10-21-15/h3-10,12,18H,2,11H2,1H3. The summed E-state index contributed by atoms with van der Waals surface area (Å²) in [5.74, 6) is -0.266. The smallest absolute Gasteiger partial charge is 0.311 e.